The summed E-state index contributed by atoms with van der Waals surface area (Å²) in [5.74, 6) is 1.25. The number of hydrogen-bond donors (Lipinski definition) is 1. The van der Waals surface area contributed by atoms with Crippen LogP contribution in [-0.4, -0.2) is 19.0 Å². The largest absolute Gasteiger partial charge is 0.497 e. The summed E-state index contributed by atoms with van der Waals surface area (Å²) < 4.78 is 16.1. The SMILES string of the molecule is COc1ccc(CO)c(OCOCc2ccccc2)c1. The van der Waals surface area contributed by atoms with Crippen LogP contribution >= 0.6 is 0 Å². The molecule has 0 heterocycles. The van der Waals surface area contributed by atoms with Crippen molar-refractivity contribution < 1.29 is 19.3 Å². The minimum atomic E-state index is -0.0853. The number of benzene rings is 2. The molecule has 0 aliphatic rings. The van der Waals surface area contributed by atoms with Gasteiger partial charge in [-0.1, -0.05) is 30.3 Å². The van der Waals surface area contributed by atoms with Gasteiger partial charge in [-0.05, 0) is 17.7 Å². The molecule has 2 rings (SSSR count). The summed E-state index contributed by atoms with van der Waals surface area (Å²) in [6.07, 6.45) is 0. The van der Waals surface area contributed by atoms with Crippen LogP contribution in [0.4, 0.5) is 0 Å². The average Bonchev–Trinajstić information content (AvgIpc) is 2.52. The monoisotopic (exact) mass is 274 g/mol. The third-order valence-electron chi connectivity index (χ3n) is 2.85. The maximum absolute atomic E-state index is 9.25. The fraction of sp³-hybridized carbons (Fsp3) is 0.250. The number of hydrogen-bond acceptors (Lipinski definition) is 4. The predicted octanol–water partition coefficient (Wildman–Crippen LogP) is 2.74. The predicted molar refractivity (Wildman–Crippen MR) is 75.6 cm³/mol. The minimum Gasteiger partial charge on any atom is -0.497 e. The van der Waals surface area contributed by atoms with Gasteiger partial charge in [-0.2, -0.15) is 0 Å². The van der Waals surface area contributed by atoms with E-state index in [1.807, 2.05) is 30.3 Å². The van der Waals surface area contributed by atoms with E-state index in [-0.39, 0.29) is 13.4 Å². The fourth-order valence-electron chi connectivity index (χ4n) is 1.77. The smallest absolute Gasteiger partial charge is 0.189 e. The molecule has 1 N–H and O–H groups in total. The zero-order chi connectivity index (χ0) is 14.2. The van der Waals surface area contributed by atoms with Gasteiger partial charge >= 0.3 is 0 Å². The first-order chi connectivity index (χ1) is 9.83. The molecular weight excluding hydrogens is 256 g/mol. The van der Waals surface area contributed by atoms with Gasteiger partial charge in [-0.25, -0.2) is 0 Å². The third kappa shape index (κ3) is 3.98. The standard InChI is InChI=1S/C16H18O4/c1-18-15-8-7-14(10-17)16(9-15)20-12-19-11-13-5-3-2-4-6-13/h2-9,17H,10-12H2,1H3. The summed E-state index contributed by atoms with van der Waals surface area (Å²) in [6.45, 7) is 0.520. The molecule has 0 amide bonds. The summed E-state index contributed by atoms with van der Waals surface area (Å²) in [5.41, 5.74) is 1.79. The lowest BCUT2D eigenvalue weighted by atomic mass is 10.2. The molecule has 4 nitrogen and oxygen atoms in total. The molecular formula is C16H18O4. The van der Waals surface area contributed by atoms with Crippen LogP contribution in [0.25, 0.3) is 0 Å². The van der Waals surface area contributed by atoms with Crippen molar-refractivity contribution >= 4 is 0 Å². The topological polar surface area (TPSA) is 47.9 Å². The van der Waals surface area contributed by atoms with Crippen molar-refractivity contribution in [3.05, 3.63) is 59.7 Å². The Balaban J connectivity index is 1.87. The van der Waals surface area contributed by atoms with Crippen LogP contribution in [-0.2, 0) is 18.0 Å². The lowest BCUT2D eigenvalue weighted by Gasteiger charge is -2.12. The zero-order valence-electron chi connectivity index (χ0n) is 11.4. The highest BCUT2D eigenvalue weighted by molar-refractivity contribution is 5.40. The maximum atomic E-state index is 9.25. The molecule has 106 valence electrons. The summed E-state index contributed by atoms with van der Waals surface area (Å²) in [6, 6.07) is 15.2. The second kappa shape index (κ2) is 7.53. The Bertz CT molecular complexity index is 525. The van der Waals surface area contributed by atoms with Crippen LogP contribution in [0.2, 0.25) is 0 Å². The second-order valence-electron chi connectivity index (χ2n) is 4.23. The van der Waals surface area contributed by atoms with Crippen molar-refractivity contribution in [2.75, 3.05) is 13.9 Å². The Morgan fingerprint density at radius 2 is 1.85 bits per heavy atom. The molecule has 0 unspecified atom stereocenters. The lowest BCUT2D eigenvalue weighted by molar-refractivity contribution is 0.00391. The first-order valence-corrected chi connectivity index (χ1v) is 6.35. The summed E-state index contributed by atoms with van der Waals surface area (Å²) >= 11 is 0. The van der Waals surface area contributed by atoms with Crippen molar-refractivity contribution in [2.45, 2.75) is 13.2 Å². The second-order valence-corrected chi connectivity index (χ2v) is 4.23. The lowest BCUT2D eigenvalue weighted by Crippen LogP contribution is -2.05. The molecule has 4 heteroatoms. The van der Waals surface area contributed by atoms with Crippen LogP contribution in [0, 0.1) is 0 Å². The van der Waals surface area contributed by atoms with Gasteiger partial charge in [0.2, 0.25) is 0 Å². The van der Waals surface area contributed by atoms with Crippen molar-refractivity contribution in [3.8, 4) is 11.5 Å². The molecule has 0 atom stereocenters. The Morgan fingerprint density at radius 3 is 2.55 bits per heavy atom. The van der Waals surface area contributed by atoms with Gasteiger partial charge in [0.1, 0.15) is 11.5 Å². The van der Waals surface area contributed by atoms with Gasteiger partial charge in [-0.15, -0.1) is 0 Å². The first kappa shape index (κ1) is 14.4. The number of rotatable bonds is 7. The molecule has 0 spiro atoms. The van der Waals surface area contributed by atoms with Crippen LogP contribution in [0.5, 0.6) is 11.5 Å². The van der Waals surface area contributed by atoms with Gasteiger partial charge in [0, 0.05) is 11.6 Å². The van der Waals surface area contributed by atoms with Crippen LogP contribution in [0.15, 0.2) is 48.5 Å². The van der Waals surface area contributed by atoms with Gasteiger partial charge in [0.15, 0.2) is 6.79 Å². The molecule has 0 aliphatic heterocycles. The van der Waals surface area contributed by atoms with Crippen LogP contribution < -0.4 is 9.47 Å². The van der Waals surface area contributed by atoms with Gasteiger partial charge in [0.05, 0.1) is 20.3 Å². The molecule has 0 bridgehead atoms. The van der Waals surface area contributed by atoms with Crippen LogP contribution in [0.1, 0.15) is 11.1 Å². The van der Waals surface area contributed by atoms with Crippen LogP contribution in [0.3, 0.4) is 0 Å². The van der Waals surface area contributed by atoms with Gasteiger partial charge in [-0.3, -0.25) is 0 Å². The van der Waals surface area contributed by atoms with Crippen molar-refractivity contribution in [2.24, 2.45) is 0 Å². The van der Waals surface area contributed by atoms with Crippen molar-refractivity contribution in [1.29, 1.82) is 0 Å². The van der Waals surface area contributed by atoms with Gasteiger partial charge < -0.3 is 19.3 Å². The van der Waals surface area contributed by atoms with E-state index < -0.39 is 0 Å². The van der Waals surface area contributed by atoms with Crippen molar-refractivity contribution in [1.82, 2.24) is 0 Å². The van der Waals surface area contributed by atoms with E-state index in [0.717, 1.165) is 5.56 Å². The Kier molecular flexibility index (Phi) is 5.41. The molecule has 0 fully saturated rings. The molecule has 2 aromatic rings. The van der Waals surface area contributed by atoms with E-state index in [1.54, 1.807) is 25.3 Å². The van der Waals surface area contributed by atoms with Crippen molar-refractivity contribution in [3.63, 3.8) is 0 Å². The maximum Gasteiger partial charge on any atom is 0.189 e. The quantitative estimate of drug-likeness (QED) is 0.623. The molecule has 0 radical (unpaired) electrons. The number of methoxy groups -OCH3 is 1. The van der Waals surface area contributed by atoms with E-state index in [9.17, 15) is 5.11 Å². The van der Waals surface area contributed by atoms with E-state index in [2.05, 4.69) is 0 Å². The van der Waals surface area contributed by atoms with E-state index in [0.29, 0.717) is 23.7 Å². The Hall–Kier alpha value is -2.04. The number of aliphatic hydroxyl groups excluding tert-OH is 1. The normalized spacial score (nSPS) is 10.3. The highest BCUT2D eigenvalue weighted by Gasteiger charge is 2.05. The van der Waals surface area contributed by atoms with Gasteiger partial charge in [0.25, 0.3) is 0 Å². The molecule has 2 aromatic carbocycles. The summed E-state index contributed by atoms with van der Waals surface area (Å²) in [7, 11) is 1.59. The minimum absolute atomic E-state index is 0.0853. The fourth-order valence-corrected chi connectivity index (χ4v) is 1.77. The molecule has 0 saturated carbocycles. The number of ether oxygens (including phenoxy) is 3. The highest BCUT2D eigenvalue weighted by Crippen LogP contribution is 2.24. The summed E-state index contributed by atoms with van der Waals surface area (Å²) in [5, 5.41) is 9.25. The first-order valence-electron chi connectivity index (χ1n) is 6.35. The molecule has 0 aliphatic carbocycles. The Labute approximate surface area is 118 Å². The number of aliphatic hydroxyl groups is 1. The molecule has 20 heavy (non-hydrogen) atoms. The Morgan fingerprint density at radius 1 is 1.05 bits per heavy atom. The third-order valence-corrected chi connectivity index (χ3v) is 2.85. The molecule has 0 aromatic heterocycles. The van der Waals surface area contributed by atoms with E-state index in [4.69, 9.17) is 14.2 Å². The van der Waals surface area contributed by atoms with E-state index >= 15 is 0 Å². The molecule has 0 saturated heterocycles. The average molecular weight is 274 g/mol. The zero-order valence-corrected chi connectivity index (χ0v) is 11.4. The van der Waals surface area contributed by atoms with E-state index in [1.165, 1.54) is 0 Å². The summed E-state index contributed by atoms with van der Waals surface area (Å²) in [4.78, 5) is 0. The highest BCUT2D eigenvalue weighted by atomic mass is 16.7.